The Bertz CT molecular complexity index is 1300. The fraction of sp³-hybridized carbons (Fsp3) is 0.143. The molecule has 0 amide bonds. The van der Waals surface area contributed by atoms with Gasteiger partial charge in [0.05, 0.1) is 26.3 Å². The third-order valence-corrected chi connectivity index (χ3v) is 7.82. The molecule has 0 aliphatic carbocycles. The van der Waals surface area contributed by atoms with Gasteiger partial charge in [0.25, 0.3) is 0 Å². The molecule has 7 nitrogen and oxygen atoms in total. The van der Waals surface area contributed by atoms with Crippen LogP contribution in [-0.2, 0) is 26.3 Å². The molecule has 1 aromatic heterocycles. The van der Waals surface area contributed by atoms with Crippen LogP contribution in [0.25, 0.3) is 0 Å². The van der Waals surface area contributed by atoms with Crippen LogP contribution < -0.4 is 4.72 Å². The second-order valence-electron chi connectivity index (χ2n) is 6.54. The Morgan fingerprint density at radius 1 is 0.967 bits per heavy atom. The largest absolute Gasteiger partial charge is 0.261 e. The molecule has 30 heavy (non-hydrogen) atoms. The first-order valence-corrected chi connectivity index (χ1v) is 12.0. The van der Waals surface area contributed by atoms with Gasteiger partial charge >= 0.3 is 0 Å². The van der Waals surface area contributed by atoms with E-state index in [0.717, 1.165) is 11.8 Å². The summed E-state index contributed by atoms with van der Waals surface area (Å²) in [5, 5.41) is 8.87. The van der Waals surface area contributed by atoms with Crippen molar-refractivity contribution in [3.05, 3.63) is 83.7 Å². The summed E-state index contributed by atoms with van der Waals surface area (Å²) in [5.74, 6) is 0. The van der Waals surface area contributed by atoms with Gasteiger partial charge in [-0.25, -0.2) is 21.6 Å². The lowest BCUT2D eigenvalue weighted by Crippen LogP contribution is -2.27. The van der Waals surface area contributed by atoms with Gasteiger partial charge in [0.2, 0.25) is 19.9 Å². The normalized spacial score (nSPS) is 11.7. The Labute approximate surface area is 176 Å². The van der Waals surface area contributed by atoms with Crippen molar-refractivity contribution in [2.75, 3.05) is 6.54 Å². The molecular weight excluding hydrogens is 422 g/mol. The molecule has 3 aromatic rings. The van der Waals surface area contributed by atoms with Crippen LogP contribution in [0.5, 0.6) is 0 Å². The van der Waals surface area contributed by atoms with Crippen LogP contribution >= 0.6 is 0 Å². The summed E-state index contributed by atoms with van der Waals surface area (Å²) in [5.41, 5.74) is 1.51. The van der Waals surface area contributed by atoms with Gasteiger partial charge in [-0.05, 0) is 61.0 Å². The number of sulfonamides is 1. The van der Waals surface area contributed by atoms with Crippen molar-refractivity contribution in [3.63, 3.8) is 0 Å². The van der Waals surface area contributed by atoms with Gasteiger partial charge in [0, 0.05) is 24.9 Å². The van der Waals surface area contributed by atoms with Crippen LogP contribution in [0.4, 0.5) is 0 Å². The number of aryl methyl sites for hydroxylation is 1. The first kappa shape index (κ1) is 21.6. The Balaban J connectivity index is 1.87. The number of aromatic nitrogens is 1. The van der Waals surface area contributed by atoms with E-state index in [1.54, 1.807) is 25.3 Å². The molecule has 2 aromatic carbocycles. The Kier molecular flexibility index (Phi) is 6.31. The van der Waals surface area contributed by atoms with Crippen LogP contribution in [0.15, 0.2) is 81.5 Å². The number of nitriles is 1. The molecule has 154 valence electrons. The van der Waals surface area contributed by atoms with Gasteiger partial charge in [-0.1, -0.05) is 12.1 Å². The topological polar surface area (TPSA) is 117 Å². The van der Waals surface area contributed by atoms with Gasteiger partial charge in [0.1, 0.15) is 0 Å². The van der Waals surface area contributed by atoms with E-state index in [4.69, 9.17) is 5.26 Å². The Hall–Kier alpha value is -3.06. The summed E-state index contributed by atoms with van der Waals surface area (Å²) in [6.45, 7) is 1.73. The smallest absolute Gasteiger partial charge is 0.240 e. The Morgan fingerprint density at radius 3 is 2.30 bits per heavy atom. The molecule has 0 unspecified atom stereocenters. The third-order valence-electron chi connectivity index (χ3n) is 4.45. The highest BCUT2D eigenvalue weighted by molar-refractivity contribution is 7.91. The first-order valence-electron chi connectivity index (χ1n) is 8.99. The van der Waals surface area contributed by atoms with E-state index in [1.807, 2.05) is 12.1 Å². The minimum atomic E-state index is -3.94. The third kappa shape index (κ3) is 4.74. The summed E-state index contributed by atoms with van der Waals surface area (Å²) in [4.78, 5) is 3.89. The minimum absolute atomic E-state index is 0.0168. The monoisotopic (exact) mass is 441 g/mol. The summed E-state index contributed by atoms with van der Waals surface area (Å²) in [7, 11) is -7.86. The number of benzene rings is 2. The van der Waals surface area contributed by atoms with Crippen LogP contribution in [0, 0.1) is 18.3 Å². The molecule has 0 saturated heterocycles. The number of hydrogen-bond donors (Lipinski definition) is 1. The molecule has 0 atom stereocenters. The number of pyridine rings is 1. The summed E-state index contributed by atoms with van der Waals surface area (Å²) in [6, 6.07) is 16.8. The van der Waals surface area contributed by atoms with Crippen molar-refractivity contribution in [3.8, 4) is 6.07 Å². The van der Waals surface area contributed by atoms with Crippen molar-refractivity contribution in [2.24, 2.45) is 0 Å². The van der Waals surface area contributed by atoms with Crippen molar-refractivity contribution < 1.29 is 16.8 Å². The van der Waals surface area contributed by atoms with Crippen molar-refractivity contribution in [1.82, 2.24) is 9.71 Å². The van der Waals surface area contributed by atoms with Crippen molar-refractivity contribution in [1.29, 1.82) is 5.26 Å². The predicted octanol–water partition coefficient (Wildman–Crippen LogP) is 2.62. The molecule has 1 heterocycles. The number of sulfone groups is 1. The van der Waals surface area contributed by atoms with Gasteiger partial charge in [-0.2, -0.15) is 5.26 Å². The average molecular weight is 442 g/mol. The fourth-order valence-electron chi connectivity index (χ4n) is 2.82. The SMILES string of the molecule is Cc1ccc(S(=O)(=O)c2ccc(C#N)cc2)cc1S(=O)(=O)NCCc1ccccn1. The highest BCUT2D eigenvalue weighted by Gasteiger charge is 2.23. The lowest BCUT2D eigenvalue weighted by molar-refractivity contribution is 0.580. The van der Waals surface area contributed by atoms with Crippen LogP contribution in [0.3, 0.4) is 0 Å². The lowest BCUT2D eigenvalue weighted by Gasteiger charge is -2.12. The summed E-state index contributed by atoms with van der Waals surface area (Å²) < 4.78 is 53.9. The standard InChI is InChI=1S/C21H19N3O4S2/c1-16-5-8-20(29(25,26)19-9-6-17(15-22)7-10-19)14-21(16)30(27,28)24-13-11-18-4-2-3-12-23-18/h2-10,12,14,24H,11,13H2,1H3. The highest BCUT2D eigenvalue weighted by atomic mass is 32.2. The van der Waals surface area contributed by atoms with Crippen LogP contribution in [0.2, 0.25) is 0 Å². The molecule has 0 fully saturated rings. The Morgan fingerprint density at radius 2 is 1.67 bits per heavy atom. The number of rotatable bonds is 7. The van der Waals surface area contributed by atoms with Gasteiger partial charge in [0.15, 0.2) is 0 Å². The zero-order valence-corrected chi connectivity index (χ0v) is 17.7. The average Bonchev–Trinajstić information content (AvgIpc) is 2.74. The van der Waals surface area contributed by atoms with Crippen molar-refractivity contribution >= 4 is 19.9 Å². The second-order valence-corrected chi connectivity index (χ2v) is 10.2. The molecule has 0 saturated carbocycles. The minimum Gasteiger partial charge on any atom is -0.261 e. The van der Waals surface area contributed by atoms with Crippen LogP contribution in [0.1, 0.15) is 16.8 Å². The van der Waals surface area contributed by atoms with Crippen LogP contribution in [-0.4, -0.2) is 28.4 Å². The van der Waals surface area contributed by atoms with Gasteiger partial charge in [-0.3, -0.25) is 4.98 Å². The molecule has 0 aliphatic heterocycles. The molecule has 0 radical (unpaired) electrons. The molecule has 0 bridgehead atoms. The second kappa shape index (κ2) is 8.75. The van der Waals surface area contributed by atoms with E-state index in [2.05, 4.69) is 9.71 Å². The highest BCUT2D eigenvalue weighted by Crippen LogP contribution is 2.25. The van der Waals surface area contributed by atoms with E-state index < -0.39 is 19.9 Å². The number of nitrogens with one attached hydrogen (secondary N) is 1. The first-order chi connectivity index (χ1) is 14.2. The molecule has 9 heteroatoms. The molecule has 1 N–H and O–H groups in total. The molecule has 0 spiro atoms. The van der Waals surface area contributed by atoms with Gasteiger partial charge < -0.3 is 0 Å². The van der Waals surface area contributed by atoms with Gasteiger partial charge in [-0.15, -0.1) is 0 Å². The van der Waals surface area contributed by atoms with E-state index in [9.17, 15) is 16.8 Å². The lowest BCUT2D eigenvalue weighted by atomic mass is 10.2. The fourth-order valence-corrected chi connectivity index (χ4v) is 5.48. The molecular formula is C21H19N3O4S2. The predicted molar refractivity (Wildman–Crippen MR) is 111 cm³/mol. The summed E-state index contributed by atoms with van der Waals surface area (Å²) in [6.07, 6.45) is 2.04. The van der Waals surface area contributed by atoms with E-state index in [1.165, 1.54) is 36.4 Å². The van der Waals surface area contributed by atoms with E-state index >= 15 is 0 Å². The zero-order chi connectivity index (χ0) is 21.8. The maximum atomic E-state index is 12.9. The molecule has 3 rings (SSSR count). The number of hydrogen-bond acceptors (Lipinski definition) is 6. The quantitative estimate of drug-likeness (QED) is 0.602. The number of nitrogens with zero attached hydrogens (tertiary/aromatic N) is 2. The zero-order valence-electron chi connectivity index (χ0n) is 16.1. The van der Waals surface area contributed by atoms with E-state index in [-0.39, 0.29) is 21.2 Å². The maximum Gasteiger partial charge on any atom is 0.240 e. The van der Waals surface area contributed by atoms with Crippen molar-refractivity contribution in [2.45, 2.75) is 28.0 Å². The molecule has 0 aliphatic rings. The summed E-state index contributed by atoms with van der Waals surface area (Å²) >= 11 is 0. The maximum absolute atomic E-state index is 12.9. The van der Waals surface area contributed by atoms with E-state index in [0.29, 0.717) is 17.5 Å².